The van der Waals surface area contributed by atoms with E-state index in [1.165, 1.54) is 0 Å². The standard InChI is InChI=1S/C11H18O4/c1-8(12-4-9-5-13-9)11(2-3-11)15-7-10-6-14-10/h8-10H,2-7H2,1H3. The quantitative estimate of drug-likeness (QED) is 0.586. The second-order valence-electron chi connectivity index (χ2n) is 4.76. The summed E-state index contributed by atoms with van der Waals surface area (Å²) in [5, 5.41) is 0. The minimum Gasteiger partial charge on any atom is -0.373 e. The predicted octanol–water partition coefficient (Wildman–Crippen LogP) is 0.738. The molecule has 0 aromatic heterocycles. The first-order valence-electron chi connectivity index (χ1n) is 5.77. The summed E-state index contributed by atoms with van der Waals surface area (Å²) in [5.41, 5.74) is -0.0131. The fraction of sp³-hybridized carbons (Fsp3) is 1.00. The van der Waals surface area contributed by atoms with Crippen LogP contribution >= 0.6 is 0 Å². The van der Waals surface area contributed by atoms with Crippen molar-refractivity contribution in [3.05, 3.63) is 0 Å². The maximum absolute atomic E-state index is 5.89. The van der Waals surface area contributed by atoms with Crippen molar-refractivity contribution >= 4 is 0 Å². The van der Waals surface area contributed by atoms with Crippen LogP contribution in [0.2, 0.25) is 0 Å². The van der Waals surface area contributed by atoms with Crippen molar-refractivity contribution in [2.24, 2.45) is 0 Å². The first kappa shape index (κ1) is 10.0. The van der Waals surface area contributed by atoms with Crippen molar-refractivity contribution in [1.29, 1.82) is 0 Å². The van der Waals surface area contributed by atoms with Crippen LogP contribution < -0.4 is 0 Å². The Morgan fingerprint density at radius 2 is 1.80 bits per heavy atom. The Morgan fingerprint density at radius 1 is 1.20 bits per heavy atom. The molecule has 3 unspecified atom stereocenters. The molecule has 1 aliphatic carbocycles. The van der Waals surface area contributed by atoms with Gasteiger partial charge < -0.3 is 18.9 Å². The summed E-state index contributed by atoms with van der Waals surface area (Å²) in [6, 6.07) is 0. The molecule has 0 aromatic rings. The molecule has 0 spiro atoms. The second kappa shape index (κ2) is 3.70. The molecule has 3 atom stereocenters. The summed E-state index contributed by atoms with van der Waals surface area (Å²) >= 11 is 0. The third-order valence-corrected chi connectivity index (χ3v) is 3.38. The van der Waals surface area contributed by atoms with Crippen molar-refractivity contribution in [2.45, 2.75) is 43.7 Å². The van der Waals surface area contributed by atoms with Crippen molar-refractivity contribution in [1.82, 2.24) is 0 Å². The monoisotopic (exact) mass is 214 g/mol. The topological polar surface area (TPSA) is 43.5 Å². The molecule has 1 saturated carbocycles. The molecule has 2 heterocycles. The Hall–Kier alpha value is -0.160. The highest BCUT2D eigenvalue weighted by Gasteiger charge is 2.50. The summed E-state index contributed by atoms with van der Waals surface area (Å²) in [7, 11) is 0. The number of rotatable bonds is 7. The maximum Gasteiger partial charge on any atom is 0.104 e. The van der Waals surface area contributed by atoms with Gasteiger partial charge in [-0.2, -0.15) is 0 Å². The molecule has 15 heavy (non-hydrogen) atoms. The van der Waals surface area contributed by atoms with Crippen LogP contribution in [0.1, 0.15) is 19.8 Å². The van der Waals surface area contributed by atoms with E-state index in [0.29, 0.717) is 18.8 Å². The number of epoxide rings is 2. The molecular formula is C11H18O4. The zero-order chi connectivity index (χ0) is 10.3. The third-order valence-electron chi connectivity index (χ3n) is 3.38. The van der Waals surface area contributed by atoms with Crippen LogP contribution in [-0.2, 0) is 18.9 Å². The van der Waals surface area contributed by atoms with Gasteiger partial charge in [-0.25, -0.2) is 0 Å². The fourth-order valence-corrected chi connectivity index (χ4v) is 1.78. The fourth-order valence-electron chi connectivity index (χ4n) is 1.78. The van der Waals surface area contributed by atoms with Crippen molar-refractivity contribution in [3.63, 3.8) is 0 Å². The molecule has 2 aliphatic heterocycles. The van der Waals surface area contributed by atoms with E-state index in [4.69, 9.17) is 18.9 Å². The van der Waals surface area contributed by atoms with Gasteiger partial charge in [0.15, 0.2) is 0 Å². The lowest BCUT2D eigenvalue weighted by Crippen LogP contribution is -2.33. The smallest absolute Gasteiger partial charge is 0.104 e. The van der Waals surface area contributed by atoms with E-state index in [1.807, 2.05) is 0 Å². The van der Waals surface area contributed by atoms with Crippen molar-refractivity contribution < 1.29 is 18.9 Å². The highest BCUT2D eigenvalue weighted by atomic mass is 16.6. The van der Waals surface area contributed by atoms with Gasteiger partial charge in [-0.05, 0) is 19.8 Å². The van der Waals surface area contributed by atoms with E-state index in [0.717, 1.165) is 32.7 Å². The van der Waals surface area contributed by atoms with E-state index < -0.39 is 0 Å². The van der Waals surface area contributed by atoms with Crippen LogP contribution in [0.4, 0.5) is 0 Å². The van der Waals surface area contributed by atoms with Gasteiger partial charge in [0.2, 0.25) is 0 Å². The minimum atomic E-state index is -0.0131. The molecule has 0 bridgehead atoms. The van der Waals surface area contributed by atoms with Crippen LogP contribution in [0.5, 0.6) is 0 Å². The van der Waals surface area contributed by atoms with Gasteiger partial charge in [0.05, 0.1) is 38.1 Å². The zero-order valence-corrected chi connectivity index (χ0v) is 9.11. The van der Waals surface area contributed by atoms with Gasteiger partial charge in [-0.1, -0.05) is 0 Å². The molecule has 3 aliphatic rings. The normalized spacial score (nSPS) is 37.4. The van der Waals surface area contributed by atoms with Gasteiger partial charge in [-0.15, -0.1) is 0 Å². The Bertz CT molecular complexity index is 231. The molecule has 0 radical (unpaired) electrons. The first-order valence-corrected chi connectivity index (χ1v) is 5.77. The van der Waals surface area contributed by atoms with E-state index in [1.54, 1.807) is 0 Å². The molecule has 3 fully saturated rings. The highest BCUT2D eigenvalue weighted by molar-refractivity contribution is 5.01. The van der Waals surface area contributed by atoms with E-state index in [2.05, 4.69) is 6.92 Å². The molecule has 4 heteroatoms. The Morgan fingerprint density at radius 3 is 2.33 bits per heavy atom. The summed E-state index contributed by atoms with van der Waals surface area (Å²) in [5.74, 6) is 0. The first-order chi connectivity index (χ1) is 7.28. The van der Waals surface area contributed by atoms with Gasteiger partial charge in [0.1, 0.15) is 12.2 Å². The zero-order valence-electron chi connectivity index (χ0n) is 9.11. The number of hydrogen-bond donors (Lipinski definition) is 0. The minimum absolute atomic E-state index is 0.0131. The average molecular weight is 214 g/mol. The van der Waals surface area contributed by atoms with E-state index >= 15 is 0 Å². The van der Waals surface area contributed by atoms with E-state index in [9.17, 15) is 0 Å². The Balaban J connectivity index is 1.41. The van der Waals surface area contributed by atoms with Gasteiger partial charge >= 0.3 is 0 Å². The summed E-state index contributed by atoms with van der Waals surface area (Å²) in [6.45, 7) is 5.26. The molecule has 4 nitrogen and oxygen atoms in total. The average Bonchev–Trinajstić information content (AvgIpc) is 3.14. The number of ether oxygens (including phenoxy) is 4. The Kier molecular flexibility index (Phi) is 2.47. The van der Waals surface area contributed by atoms with Crippen LogP contribution in [-0.4, -0.2) is 50.3 Å². The lowest BCUT2D eigenvalue weighted by molar-refractivity contribution is -0.0873. The largest absolute Gasteiger partial charge is 0.373 e. The van der Waals surface area contributed by atoms with Gasteiger partial charge in [-0.3, -0.25) is 0 Å². The molecule has 2 saturated heterocycles. The lowest BCUT2D eigenvalue weighted by atomic mass is 10.2. The number of hydrogen-bond acceptors (Lipinski definition) is 4. The van der Waals surface area contributed by atoms with Gasteiger partial charge in [0, 0.05) is 0 Å². The van der Waals surface area contributed by atoms with Crippen LogP contribution in [0, 0.1) is 0 Å². The van der Waals surface area contributed by atoms with Crippen LogP contribution in [0.25, 0.3) is 0 Å². The summed E-state index contributed by atoms with van der Waals surface area (Å²) in [6.07, 6.45) is 3.11. The molecule has 0 N–H and O–H groups in total. The predicted molar refractivity (Wildman–Crippen MR) is 52.8 cm³/mol. The summed E-state index contributed by atoms with van der Waals surface area (Å²) < 4.78 is 21.9. The van der Waals surface area contributed by atoms with E-state index in [-0.39, 0.29) is 11.7 Å². The third kappa shape index (κ3) is 2.50. The summed E-state index contributed by atoms with van der Waals surface area (Å²) in [4.78, 5) is 0. The van der Waals surface area contributed by atoms with Crippen molar-refractivity contribution in [2.75, 3.05) is 26.4 Å². The SMILES string of the molecule is CC(OCC1CO1)C1(OCC2CO2)CC1. The van der Waals surface area contributed by atoms with Crippen LogP contribution in [0.15, 0.2) is 0 Å². The molecular weight excluding hydrogens is 196 g/mol. The Labute approximate surface area is 89.8 Å². The molecule has 0 amide bonds. The molecule has 0 aromatic carbocycles. The molecule has 3 rings (SSSR count). The molecule has 86 valence electrons. The van der Waals surface area contributed by atoms with Gasteiger partial charge in [0.25, 0.3) is 0 Å². The second-order valence-corrected chi connectivity index (χ2v) is 4.76. The lowest BCUT2D eigenvalue weighted by Gasteiger charge is -2.23. The van der Waals surface area contributed by atoms with Crippen LogP contribution in [0.3, 0.4) is 0 Å². The highest BCUT2D eigenvalue weighted by Crippen LogP contribution is 2.44. The maximum atomic E-state index is 5.89. The van der Waals surface area contributed by atoms with Crippen molar-refractivity contribution in [3.8, 4) is 0 Å².